The summed E-state index contributed by atoms with van der Waals surface area (Å²) >= 11 is 0. The molecule has 1 aromatic carbocycles. The number of benzene rings is 1. The molecule has 2 heterocycles. The van der Waals surface area contributed by atoms with E-state index in [4.69, 9.17) is 0 Å². The van der Waals surface area contributed by atoms with Crippen molar-refractivity contribution in [3.63, 3.8) is 0 Å². The Morgan fingerprint density at radius 2 is 2.05 bits per heavy atom. The molecule has 0 radical (unpaired) electrons. The quantitative estimate of drug-likeness (QED) is 0.783. The molecular formula is C16H17N3O2. The second-order valence-electron chi connectivity index (χ2n) is 5.25. The minimum atomic E-state index is -0.389. The summed E-state index contributed by atoms with van der Waals surface area (Å²) in [6, 6.07) is 9.13. The van der Waals surface area contributed by atoms with Crippen molar-refractivity contribution in [3.8, 4) is 0 Å². The third-order valence-corrected chi connectivity index (χ3v) is 3.65. The van der Waals surface area contributed by atoms with E-state index < -0.39 is 0 Å². The van der Waals surface area contributed by atoms with Crippen LogP contribution in [0.4, 0.5) is 5.69 Å². The van der Waals surface area contributed by atoms with E-state index in [0.717, 1.165) is 25.2 Å². The summed E-state index contributed by atoms with van der Waals surface area (Å²) in [5, 5.41) is 6.08. The average molecular weight is 283 g/mol. The maximum absolute atomic E-state index is 12.2. The van der Waals surface area contributed by atoms with Gasteiger partial charge in [0.1, 0.15) is 5.56 Å². The number of aromatic nitrogens is 1. The van der Waals surface area contributed by atoms with Crippen molar-refractivity contribution in [2.75, 3.05) is 11.9 Å². The Morgan fingerprint density at radius 3 is 2.86 bits per heavy atom. The first-order chi connectivity index (χ1) is 10.1. The molecular weight excluding hydrogens is 266 g/mol. The van der Waals surface area contributed by atoms with Gasteiger partial charge in [-0.2, -0.15) is 0 Å². The van der Waals surface area contributed by atoms with Crippen LogP contribution in [0.15, 0.2) is 35.1 Å². The van der Waals surface area contributed by atoms with Crippen LogP contribution in [-0.4, -0.2) is 17.4 Å². The van der Waals surface area contributed by atoms with E-state index in [1.807, 2.05) is 18.2 Å². The number of nitrogens with one attached hydrogen (secondary N) is 3. The van der Waals surface area contributed by atoms with E-state index in [9.17, 15) is 9.59 Å². The molecule has 3 rings (SSSR count). The fourth-order valence-corrected chi connectivity index (χ4v) is 2.51. The summed E-state index contributed by atoms with van der Waals surface area (Å²) in [4.78, 5) is 26.6. The monoisotopic (exact) mass is 283 g/mol. The van der Waals surface area contributed by atoms with Gasteiger partial charge in [-0.25, -0.2) is 0 Å². The van der Waals surface area contributed by atoms with Gasteiger partial charge in [-0.05, 0) is 55.3 Å². The zero-order valence-corrected chi connectivity index (χ0v) is 11.8. The Hall–Kier alpha value is -2.40. The maximum atomic E-state index is 12.2. The van der Waals surface area contributed by atoms with Gasteiger partial charge in [0.2, 0.25) is 0 Å². The van der Waals surface area contributed by atoms with Crippen LogP contribution in [0, 0.1) is 6.92 Å². The van der Waals surface area contributed by atoms with Gasteiger partial charge in [-0.3, -0.25) is 9.59 Å². The molecule has 0 saturated carbocycles. The Bertz CT molecular complexity index is 749. The molecule has 1 amide bonds. The van der Waals surface area contributed by atoms with Crippen LogP contribution < -0.4 is 16.2 Å². The van der Waals surface area contributed by atoms with Crippen LogP contribution in [0.5, 0.6) is 0 Å². The van der Waals surface area contributed by atoms with Gasteiger partial charge in [0.05, 0.1) is 0 Å². The highest BCUT2D eigenvalue weighted by Crippen LogP contribution is 2.19. The molecule has 108 valence electrons. The minimum Gasteiger partial charge on any atom is -0.326 e. The number of rotatable bonds is 2. The lowest BCUT2D eigenvalue weighted by molar-refractivity contribution is 0.102. The molecule has 0 saturated heterocycles. The molecule has 0 aliphatic carbocycles. The number of pyridine rings is 1. The highest BCUT2D eigenvalue weighted by Gasteiger charge is 2.13. The largest absolute Gasteiger partial charge is 0.326 e. The Morgan fingerprint density at radius 1 is 1.19 bits per heavy atom. The van der Waals surface area contributed by atoms with Crippen LogP contribution in [0.1, 0.15) is 27.2 Å². The number of carbonyl (C=O) groups is 1. The fraction of sp³-hybridized carbons (Fsp3) is 0.250. The number of carbonyl (C=O) groups excluding carboxylic acids is 1. The fourth-order valence-electron chi connectivity index (χ4n) is 2.51. The van der Waals surface area contributed by atoms with Crippen molar-refractivity contribution in [2.24, 2.45) is 0 Å². The SMILES string of the molecule is Cc1ccc(C(=O)Nc2ccc3c(c2)CNCC3)c(=O)[nH]1. The molecule has 0 atom stereocenters. The third kappa shape index (κ3) is 2.87. The molecule has 5 heteroatoms. The van der Waals surface area contributed by atoms with Gasteiger partial charge < -0.3 is 15.6 Å². The van der Waals surface area contributed by atoms with E-state index in [1.54, 1.807) is 19.1 Å². The summed E-state index contributed by atoms with van der Waals surface area (Å²) in [7, 11) is 0. The van der Waals surface area contributed by atoms with Crippen LogP contribution in [0.25, 0.3) is 0 Å². The number of amides is 1. The van der Waals surface area contributed by atoms with Gasteiger partial charge in [-0.15, -0.1) is 0 Å². The summed E-state index contributed by atoms with van der Waals surface area (Å²) in [5.41, 5.74) is 3.69. The van der Waals surface area contributed by atoms with Crippen LogP contribution in [-0.2, 0) is 13.0 Å². The van der Waals surface area contributed by atoms with Gasteiger partial charge in [0, 0.05) is 17.9 Å². The van der Waals surface area contributed by atoms with Gasteiger partial charge in [0.15, 0.2) is 0 Å². The number of anilines is 1. The molecule has 5 nitrogen and oxygen atoms in total. The number of aromatic amines is 1. The van der Waals surface area contributed by atoms with Crippen molar-refractivity contribution in [2.45, 2.75) is 19.9 Å². The molecule has 3 N–H and O–H groups in total. The van der Waals surface area contributed by atoms with Crippen LogP contribution in [0.2, 0.25) is 0 Å². The summed E-state index contributed by atoms with van der Waals surface area (Å²) in [6.07, 6.45) is 1.00. The topological polar surface area (TPSA) is 74.0 Å². The molecule has 21 heavy (non-hydrogen) atoms. The first-order valence-electron chi connectivity index (χ1n) is 6.97. The summed E-state index contributed by atoms with van der Waals surface area (Å²) < 4.78 is 0. The smallest absolute Gasteiger partial charge is 0.261 e. The standard InChI is InChI=1S/C16H17N3O2/c1-10-2-5-14(15(20)18-10)16(21)19-13-4-3-11-6-7-17-9-12(11)8-13/h2-5,8,17H,6-7,9H2,1H3,(H,18,20)(H,19,21). The van der Waals surface area contributed by atoms with E-state index in [2.05, 4.69) is 15.6 Å². The molecule has 1 aliphatic rings. The van der Waals surface area contributed by atoms with E-state index in [-0.39, 0.29) is 17.0 Å². The maximum Gasteiger partial charge on any atom is 0.261 e. The molecule has 1 aliphatic heterocycles. The number of hydrogen-bond donors (Lipinski definition) is 3. The molecule has 0 fully saturated rings. The van der Waals surface area contributed by atoms with Crippen LogP contribution in [0.3, 0.4) is 0 Å². The van der Waals surface area contributed by atoms with Gasteiger partial charge in [-0.1, -0.05) is 6.07 Å². The number of fused-ring (bicyclic) bond motifs is 1. The van der Waals surface area contributed by atoms with Crippen molar-refractivity contribution < 1.29 is 4.79 Å². The lowest BCUT2D eigenvalue weighted by Gasteiger charge is -2.18. The van der Waals surface area contributed by atoms with Crippen molar-refractivity contribution in [1.82, 2.24) is 10.3 Å². The third-order valence-electron chi connectivity index (χ3n) is 3.65. The Balaban J connectivity index is 1.83. The first-order valence-corrected chi connectivity index (χ1v) is 6.97. The molecule has 0 unspecified atom stereocenters. The Labute approximate surface area is 122 Å². The summed E-state index contributed by atoms with van der Waals surface area (Å²) in [6.45, 7) is 3.57. The highest BCUT2D eigenvalue weighted by atomic mass is 16.2. The second kappa shape index (κ2) is 5.54. The molecule has 2 aromatic rings. The number of hydrogen-bond acceptors (Lipinski definition) is 3. The zero-order valence-electron chi connectivity index (χ0n) is 11.8. The lowest BCUT2D eigenvalue weighted by Crippen LogP contribution is -2.25. The van der Waals surface area contributed by atoms with Crippen molar-refractivity contribution >= 4 is 11.6 Å². The van der Waals surface area contributed by atoms with E-state index >= 15 is 0 Å². The highest BCUT2D eigenvalue weighted by molar-refractivity contribution is 6.04. The van der Waals surface area contributed by atoms with Gasteiger partial charge >= 0.3 is 0 Å². The predicted molar refractivity (Wildman–Crippen MR) is 81.6 cm³/mol. The van der Waals surface area contributed by atoms with Gasteiger partial charge in [0.25, 0.3) is 11.5 Å². The second-order valence-corrected chi connectivity index (χ2v) is 5.25. The lowest BCUT2D eigenvalue weighted by atomic mass is 10.0. The minimum absolute atomic E-state index is 0.122. The Kier molecular flexibility index (Phi) is 3.58. The summed E-state index contributed by atoms with van der Waals surface area (Å²) in [5.74, 6) is -0.389. The van der Waals surface area contributed by atoms with Crippen LogP contribution >= 0.6 is 0 Å². The molecule has 0 bridgehead atoms. The normalized spacial score (nSPS) is 13.6. The van der Waals surface area contributed by atoms with E-state index in [1.165, 1.54) is 11.1 Å². The zero-order chi connectivity index (χ0) is 14.8. The molecule has 0 spiro atoms. The predicted octanol–water partition coefficient (Wildman–Crippen LogP) is 1.58. The number of H-pyrrole nitrogens is 1. The van der Waals surface area contributed by atoms with Crippen molar-refractivity contribution in [3.05, 3.63) is 63.1 Å². The number of aryl methyl sites for hydroxylation is 1. The molecule has 1 aromatic heterocycles. The van der Waals surface area contributed by atoms with E-state index in [0.29, 0.717) is 5.69 Å². The average Bonchev–Trinajstić information content (AvgIpc) is 2.47. The van der Waals surface area contributed by atoms with Crippen molar-refractivity contribution in [1.29, 1.82) is 0 Å². The first kappa shape index (κ1) is 13.6.